The first-order valence-electron chi connectivity index (χ1n) is 26.8. The Morgan fingerprint density at radius 1 is 0.312 bits per heavy atom. The lowest BCUT2D eigenvalue weighted by Crippen LogP contribution is -2.25. The van der Waals surface area contributed by atoms with E-state index in [1.807, 2.05) is 18.2 Å². The molecule has 0 saturated heterocycles. The van der Waals surface area contributed by atoms with Crippen molar-refractivity contribution in [3.05, 3.63) is 276 Å². The van der Waals surface area contributed by atoms with Gasteiger partial charge in [0.05, 0.1) is 22.1 Å². The summed E-state index contributed by atoms with van der Waals surface area (Å²) in [5.41, 5.74) is 29.0. The van der Waals surface area contributed by atoms with Crippen LogP contribution in [0.4, 0.5) is 0 Å². The lowest BCUT2D eigenvalue weighted by Gasteiger charge is -2.30. The van der Waals surface area contributed by atoms with Gasteiger partial charge < -0.3 is 4.57 Å². The van der Waals surface area contributed by atoms with Gasteiger partial charge in [0.1, 0.15) is 0 Å². The largest absolute Gasteiger partial charge is 0.308 e. The summed E-state index contributed by atoms with van der Waals surface area (Å²) in [6.45, 7) is 4.77. The molecule has 11 aromatic carbocycles. The smallest absolute Gasteiger partial charge is 0.164 e. The number of aromatic nitrogens is 4. The quantitative estimate of drug-likeness (QED) is 0.173. The normalized spacial score (nSPS) is 14.1. The molecule has 0 unspecified atom stereocenters. The second-order valence-electron chi connectivity index (χ2n) is 21.8. The van der Waals surface area contributed by atoms with Crippen LogP contribution >= 0.6 is 0 Å². The van der Waals surface area contributed by atoms with Gasteiger partial charge in [0.25, 0.3) is 0 Å². The van der Waals surface area contributed by atoms with Crippen LogP contribution in [0.3, 0.4) is 0 Å². The first-order chi connectivity index (χ1) is 37.9. The summed E-state index contributed by atoms with van der Waals surface area (Å²) in [6, 6.07) is 89.2. The number of para-hydroxylation sites is 1. The molecule has 4 heteroatoms. The Labute approximate surface area is 446 Å². The Morgan fingerprint density at radius 2 is 0.805 bits per heavy atom. The highest BCUT2D eigenvalue weighted by molar-refractivity contribution is 6.22. The van der Waals surface area contributed by atoms with Gasteiger partial charge in [0, 0.05) is 44.0 Å². The molecule has 0 radical (unpaired) electrons. The van der Waals surface area contributed by atoms with Gasteiger partial charge in [-0.3, -0.25) is 0 Å². The molecule has 13 aromatic rings. The van der Waals surface area contributed by atoms with Crippen LogP contribution in [-0.4, -0.2) is 19.5 Å². The Kier molecular flexibility index (Phi) is 8.52. The highest BCUT2D eigenvalue weighted by Crippen LogP contribution is 2.63. The maximum absolute atomic E-state index is 5.33. The first kappa shape index (κ1) is 42.6. The zero-order valence-electron chi connectivity index (χ0n) is 42.4. The van der Waals surface area contributed by atoms with E-state index in [0.29, 0.717) is 17.5 Å². The molecule has 0 bridgehead atoms. The maximum atomic E-state index is 5.33. The third kappa shape index (κ3) is 5.63. The van der Waals surface area contributed by atoms with Crippen LogP contribution in [-0.2, 0) is 10.8 Å². The minimum absolute atomic E-state index is 0.110. The van der Waals surface area contributed by atoms with Crippen LogP contribution in [0, 0.1) is 0 Å². The predicted molar refractivity (Wildman–Crippen MR) is 314 cm³/mol. The molecule has 0 saturated carbocycles. The Balaban J connectivity index is 0.782. The third-order valence-corrected chi connectivity index (χ3v) is 17.6. The van der Waals surface area contributed by atoms with E-state index in [1.165, 1.54) is 117 Å². The summed E-state index contributed by atoms with van der Waals surface area (Å²) in [5.74, 6) is 1.91. The van der Waals surface area contributed by atoms with Crippen LogP contribution in [0.2, 0.25) is 0 Å². The van der Waals surface area contributed by atoms with Crippen molar-refractivity contribution in [1.29, 1.82) is 0 Å². The predicted octanol–water partition coefficient (Wildman–Crippen LogP) is 17.9. The van der Waals surface area contributed by atoms with E-state index >= 15 is 0 Å². The topological polar surface area (TPSA) is 43.6 Å². The number of benzene rings is 11. The monoisotopic (exact) mass is 978 g/mol. The van der Waals surface area contributed by atoms with Crippen molar-refractivity contribution < 1.29 is 0 Å². The molecule has 0 fully saturated rings. The van der Waals surface area contributed by atoms with Crippen LogP contribution in [0.5, 0.6) is 0 Å². The van der Waals surface area contributed by atoms with Crippen molar-refractivity contribution in [3.63, 3.8) is 0 Å². The minimum Gasteiger partial charge on any atom is -0.308 e. The summed E-state index contributed by atoms with van der Waals surface area (Å²) in [5, 5.41) is 2.56. The lowest BCUT2D eigenvalue weighted by atomic mass is 9.70. The van der Waals surface area contributed by atoms with Gasteiger partial charge in [-0.2, -0.15) is 0 Å². The fourth-order valence-electron chi connectivity index (χ4n) is 14.3. The van der Waals surface area contributed by atoms with E-state index in [-0.39, 0.29) is 5.41 Å². The van der Waals surface area contributed by atoms with Gasteiger partial charge in [-0.25, -0.2) is 15.0 Å². The molecule has 3 aliphatic carbocycles. The Morgan fingerprint density at radius 3 is 1.52 bits per heavy atom. The third-order valence-electron chi connectivity index (χ3n) is 17.6. The molecule has 4 nitrogen and oxygen atoms in total. The van der Waals surface area contributed by atoms with Gasteiger partial charge in [0.2, 0.25) is 0 Å². The maximum Gasteiger partial charge on any atom is 0.164 e. The molecule has 2 aromatic heterocycles. The van der Waals surface area contributed by atoms with E-state index in [1.54, 1.807) is 0 Å². The van der Waals surface area contributed by atoms with Crippen LogP contribution in [0.15, 0.2) is 243 Å². The number of rotatable bonds is 5. The molecule has 77 heavy (non-hydrogen) atoms. The van der Waals surface area contributed by atoms with Crippen LogP contribution in [0.1, 0.15) is 47.2 Å². The Bertz CT molecular complexity index is 4650. The van der Waals surface area contributed by atoms with Crippen molar-refractivity contribution in [2.45, 2.75) is 24.7 Å². The van der Waals surface area contributed by atoms with E-state index < -0.39 is 5.41 Å². The number of hydrogen-bond acceptors (Lipinski definition) is 3. The van der Waals surface area contributed by atoms with Crippen molar-refractivity contribution in [3.8, 4) is 107 Å². The molecular formula is C73H46N4. The first-order valence-corrected chi connectivity index (χ1v) is 26.8. The zero-order chi connectivity index (χ0) is 50.7. The van der Waals surface area contributed by atoms with E-state index in [0.717, 1.165) is 27.8 Å². The molecule has 1 spiro atoms. The summed E-state index contributed by atoms with van der Waals surface area (Å²) >= 11 is 0. The molecule has 3 heterocycles. The summed E-state index contributed by atoms with van der Waals surface area (Å²) in [4.78, 5) is 15.8. The second kappa shape index (κ2) is 15.4. The van der Waals surface area contributed by atoms with E-state index in [2.05, 4.69) is 243 Å². The summed E-state index contributed by atoms with van der Waals surface area (Å²) in [6.07, 6.45) is 0. The van der Waals surface area contributed by atoms with Crippen LogP contribution in [0.25, 0.3) is 128 Å². The molecule has 4 aliphatic rings. The molecule has 0 N–H and O–H groups in total. The molecule has 0 amide bonds. The van der Waals surface area contributed by atoms with Gasteiger partial charge >= 0.3 is 0 Å². The van der Waals surface area contributed by atoms with E-state index in [9.17, 15) is 0 Å². The fraction of sp³-hybridized carbons (Fsp3) is 0.0548. The summed E-state index contributed by atoms with van der Waals surface area (Å²) in [7, 11) is 0. The molecule has 17 rings (SSSR count). The molecular weight excluding hydrogens is 933 g/mol. The number of nitrogens with zero attached hydrogens (tertiary/aromatic N) is 4. The van der Waals surface area contributed by atoms with Crippen molar-refractivity contribution in [2.75, 3.05) is 0 Å². The minimum atomic E-state index is -0.472. The second-order valence-corrected chi connectivity index (χ2v) is 21.8. The van der Waals surface area contributed by atoms with Gasteiger partial charge in [-0.05, 0) is 113 Å². The van der Waals surface area contributed by atoms with Crippen LogP contribution < -0.4 is 0 Å². The Hall–Kier alpha value is -9.77. The highest BCUT2D eigenvalue weighted by Gasteiger charge is 2.51. The van der Waals surface area contributed by atoms with Gasteiger partial charge in [0.15, 0.2) is 17.5 Å². The highest BCUT2D eigenvalue weighted by atomic mass is 15.0. The summed E-state index contributed by atoms with van der Waals surface area (Å²) < 4.78 is 2.56. The lowest BCUT2D eigenvalue weighted by molar-refractivity contribution is 0.661. The zero-order valence-corrected chi connectivity index (χ0v) is 42.4. The van der Waals surface area contributed by atoms with Crippen molar-refractivity contribution in [2.24, 2.45) is 0 Å². The fourth-order valence-corrected chi connectivity index (χ4v) is 14.3. The number of fused-ring (bicyclic) bond motifs is 16. The van der Waals surface area contributed by atoms with E-state index in [4.69, 9.17) is 15.0 Å². The molecule has 0 atom stereocenters. The SMILES string of the molecule is CC1(C)c2cccc3c2-c2c1ccc1c4c(-c5cccc(-c6ccc(-c7nc(-c8ccccc8)nc(-c8ccc9c(c8)C8(c%10ccccc%10-c%10ccccc%108)c8ccccc8-9)n7)cc6)c5)cccc4n(c21)-c1ccccc1-3. The average molecular weight is 979 g/mol. The van der Waals surface area contributed by atoms with Gasteiger partial charge in [-0.1, -0.05) is 232 Å². The molecule has 358 valence electrons. The number of hydrogen-bond donors (Lipinski definition) is 0. The van der Waals surface area contributed by atoms with Crippen molar-refractivity contribution in [1.82, 2.24) is 19.5 Å². The van der Waals surface area contributed by atoms with Crippen molar-refractivity contribution >= 4 is 21.8 Å². The van der Waals surface area contributed by atoms with Gasteiger partial charge in [-0.15, -0.1) is 0 Å². The molecule has 1 aliphatic heterocycles. The average Bonchev–Trinajstić information content (AvgIpc) is 3.87. The standard InChI is InChI=1S/C73H46N4/c1-72(2)60-30-15-26-55-54-24-9-13-31-63(54)77-64-32-16-25-49(65(64)56-39-40-61(72)67(66(55)60)68(56)77)47-20-14-19-46(41-47)43-33-35-45(36-34-43)70-74-69(44-17-4-3-5-18-44)75-71(76-70)48-37-38-53-52-23-8-12-29-59(52)73(62(53)42-48)57-27-10-6-21-50(57)51-22-7-11-28-58(51)73/h3-42H,1-2H3.